The summed E-state index contributed by atoms with van der Waals surface area (Å²) in [6.45, 7) is 9.35. The maximum atomic E-state index is 12.2. The Hall–Kier alpha value is -2.06. The van der Waals surface area contributed by atoms with Gasteiger partial charge in [0.1, 0.15) is 11.1 Å². The first kappa shape index (κ1) is 17.3. The molecule has 0 bridgehead atoms. The summed E-state index contributed by atoms with van der Waals surface area (Å²) in [6.07, 6.45) is 0. The maximum absolute atomic E-state index is 12.2. The van der Waals surface area contributed by atoms with Crippen molar-refractivity contribution in [2.75, 3.05) is 18.8 Å². The van der Waals surface area contributed by atoms with E-state index < -0.39 is 0 Å². The Morgan fingerprint density at radius 1 is 1.26 bits per heavy atom. The number of benzene rings is 1. The van der Waals surface area contributed by atoms with Crippen LogP contribution in [0.2, 0.25) is 0 Å². The van der Waals surface area contributed by atoms with Gasteiger partial charge in [0.2, 0.25) is 5.91 Å². The highest BCUT2D eigenvalue weighted by molar-refractivity contribution is 8.00. The normalized spacial score (nSPS) is 10.6. The lowest BCUT2D eigenvalue weighted by molar-refractivity contribution is -0.127. The summed E-state index contributed by atoms with van der Waals surface area (Å²) in [6, 6.07) is 8.16. The van der Waals surface area contributed by atoms with E-state index in [1.54, 1.807) is 4.90 Å². The maximum Gasteiger partial charge on any atom is 0.232 e. The molecule has 4 nitrogen and oxygen atoms in total. The van der Waals surface area contributed by atoms with Crippen molar-refractivity contribution in [1.82, 2.24) is 9.88 Å². The molecule has 1 heterocycles. The first-order chi connectivity index (χ1) is 11.0. The summed E-state index contributed by atoms with van der Waals surface area (Å²) in [5.74, 6) is 0.381. The summed E-state index contributed by atoms with van der Waals surface area (Å²) < 4.78 is 0. The predicted octanol–water partition coefficient (Wildman–Crippen LogP) is 3.68. The third kappa shape index (κ3) is 3.65. The summed E-state index contributed by atoms with van der Waals surface area (Å²) in [4.78, 5) is 18.6. The first-order valence-electron chi connectivity index (χ1n) is 7.73. The van der Waals surface area contributed by atoms with Gasteiger partial charge in [0.25, 0.3) is 0 Å². The predicted molar refractivity (Wildman–Crippen MR) is 94.6 cm³/mol. The van der Waals surface area contributed by atoms with Crippen LogP contribution in [0, 0.1) is 25.2 Å². The van der Waals surface area contributed by atoms with E-state index in [-0.39, 0.29) is 5.91 Å². The highest BCUT2D eigenvalue weighted by Gasteiger charge is 2.14. The minimum absolute atomic E-state index is 0.0757. The fourth-order valence-electron chi connectivity index (χ4n) is 2.50. The summed E-state index contributed by atoms with van der Waals surface area (Å²) >= 11 is 1.34. The largest absolute Gasteiger partial charge is 0.343 e. The molecular weight excluding hydrogens is 306 g/mol. The fourth-order valence-corrected chi connectivity index (χ4v) is 3.36. The molecule has 0 radical (unpaired) electrons. The zero-order chi connectivity index (χ0) is 17.0. The lowest BCUT2D eigenvalue weighted by Crippen LogP contribution is -2.31. The van der Waals surface area contributed by atoms with Crippen LogP contribution >= 0.6 is 11.8 Å². The monoisotopic (exact) mass is 327 g/mol. The van der Waals surface area contributed by atoms with E-state index in [9.17, 15) is 10.1 Å². The average Bonchev–Trinajstić information content (AvgIpc) is 2.56. The molecule has 5 heteroatoms. The van der Waals surface area contributed by atoms with Crippen LogP contribution in [0.25, 0.3) is 10.9 Å². The highest BCUT2D eigenvalue weighted by atomic mass is 32.2. The number of hydrogen-bond donors (Lipinski definition) is 0. The zero-order valence-electron chi connectivity index (χ0n) is 14.0. The number of fused-ring (bicyclic) bond motifs is 1. The van der Waals surface area contributed by atoms with Crippen LogP contribution in [-0.4, -0.2) is 34.6 Å². The van der Waals surface area contributed by atoms with Crippen LogP contribution in [0.3, 0.4) is 0 Å². The second kappa shape index (κ2) is 7.47. The molecule has 0 N–H and O–H groups in total. The number of rotatable bonds is 5. The van der Waals surface area contributed by atoms with Crippen molar-refractivity contribution in [3.63, 3.8) is 0 Å². The lowest BCUT2D eigenvalue weighted by Gasteiger charge is -2.18. The molecule has 0 aliphatic heterocycles. The number of carbonyl (C=O) groups is 1. The summed E-state index contributed by atoms with van der Waals surface area (Å²) in [5.41, 5.74) is 3.61. The van der Waals surface area contributed by atoms with Gasteiger partial charge in [-0.3, -0.25) is 4.79 Å². The topological polar surface area (TPSA) is 57.0 Å². The smallest absolute Gasteiger partial charge is 0.232 e. The molecule has 0 saturated carbocycles. The molecule has 1 aromatic heterocycles. The average molecular weight is 327 g/mol. The van der Waals surface area contributed by atoms with Gasteiger partial charge < -0.3 is 4.90 Å². The molecule has 1 aromatic carbocycles. The molecule has 0 aliphatic carbocycles. The molecule has 2 rings (SSSR count). The van der Waals surface area contributed by atoms with Gasteiger partial charge in [0.05, 0.1) is 16.8 Å². The van der Waals surface area contributed by atoms with Crippen molar-refractivity contribution in [2.45, 2.75) is 32.7 Å². The summed E-state index contributed by atoms with van der Waals surface area (Å²) in [7, 11) is 0. The van der Waals surface area contributed by atoms with Crippen molar-refractivity contribution >= 4 is 28.6 Å². The van der Waals surface area contributed by atoms with Gasteiger partial charge >= 0.3 is 0 Å². The number of nitriles is 1. The van der Waals surface area contributed by atoms with Crippen LogP contribution in [0.5, 0.6) is 0 Å². The zero-order valence-corrected chi connectivity index (χ0v) is 14.8. The third-order valence-corrected chi connectivity index (χ3v) is 4.91. The number of aromatic nitrogens is 1. The second-order valence-corrected chi connectivity index (χ2v) is 6.37. The molecule has 23 heavy (non-hydrogen) atoms. The Balaban J connectivity index is 2.35. The number of nitrogens with zero attached hydrogens (tertiary/aromatic N) is 3. The lowest BCUT2D eigenvalue weighted by atomic mass is 10.0. The van der Waals surface area contributed by atoms with Gasteiger partial charge in [-0.15, -0.1) is 0 Å². The molecule has 0 saturated heterocycles. The number of aryl methyl sites for hydroxylation is 2. The van der Waals surface area contributed by atoms with E-state index in [1.807, 2.05) is 45.9 Å². The standard InChI is InChI=1S/C18H21N3OS/c1-5-21(6-2)16(22)11-23-18-14(10-19)9-15-12(3)7-8-13(4)17(15)20-18/h7-9H,5-6,11H2,1-4H3. The van der Waals surface area contributed by atoms with Crippen molar-refractivity contribution in [3.05, 3.63) is 34.9 Å². The van der Waals surface area contributed by atoms with Crippen LogP contribution < -0.4 is 0 Å². The van der Waals surface area contributed by atoms with Crippen molar-refractivity contribution in [2.24, 2.45) is 0 Å². The molecule has 0 spiro atoms. The molecule has 0 fully saturated rings. The Morgan fingerprint density at radius 2 is 1.91 bits per heavy atom. The van der Waals surface area contributed by atoms with E-state index in [4.69, 9.17) is 0 Å². The quantitative estimate of drug-likeness (QED) is 0.786. The van der Waals surface area contributed by atoms with Crippen LogP contribution in [0.4, 0.5) is 0 Å². The van der Waals surface area contributed by atoms with E-state index in [2.05, 4.69) is 11.1 Å². The Morgan fingerprint density at radius 3 is 2.52 bits per heavy atom. The minimum atomic E-state index is 0.0757. The van der Waals surface area contributed by atoms with Crippen LogP contribution in [0.15, 0.2) is 23.2 Å². The van der Waals surface area contributed by atoms with Crippen LogP contribution in [-0.2, 0) is 4.79 Å². The summed E-state index contributed by atoms with van der Waals surface area (Å²) in [5, 5.41) is 11.0. The van der Waals surface area contributed by atoms with Crippen molar-refractivity contribution in [1.29, 1.82) is 5.26 Å². The van der Waals surface area contributed by atoms with Gasteiger partial charge in [-0.1, -0.05) is 23.9 Å². The second-order valence-electron chi connectivity index (χ2n) is 5.40. The minimum Gasteiger partial charge on any atom is -0.343 e. The van der Waals surface area contributed by atoms with Crippen molar-refractivity contribution < 1.29 is 4.79 Å². The molecule has 2 aromatic rings. The van der Waals surface area contributed by atoms with E-state index in [1.165, 1.54) is 11.8 Å². The van der Waals surface area contributed by atoms with Gasteiger partial charge in [-0.05, 0) is 44.9 Å². The Kier molecular flexibility index (Phi) is 5.62. The SMILES string of the molecule is CCN(CC)C(=O)CSc1nc2c(C)ccc(C)c2cc1C#N. The Labute approximate surface area is 141 Å². The van der Waals surface area contributed by atoms with Gasteiger partial charge in [0.15, 0.2) is 0 Å². The van der Waals surface area contributed by atoms with Crippen LogP contribution in [0.1, 0.15) is 30.5 Å². The van der Waals surface area contributed by atoms with Gasteiger partial charge in [-0.2, -0.15) is 5.26 Å². The van der Waals surface area contributed by atoms with Crippen molar-refractivity contribution in [3.8, 4) is 6.07 Å². The number of hydrogen-bond acceptors (Lipinski definition) is 4. The number of carbonyl (C=O) groups excluding carboxylic acids is 1. The molecule has 0 unspecified atom stereocenters. The molecule has 0 atom stereocenters. The number of thioether (sulfide) groups is 1. The third-order valence-electron chi connectivity index (χ3n) is 3.94. The Bertz CT molecular complexity index is 776. The molecule has 1 amide bonds. The van der Waals surface area contributed by atoms with Gasteiger partial charge in [0, 0.05) is 18.5 Å². The fraction of sp³-hybridized carbons (Fsp3) is 0.389. The number of amides is 1. The van der Waals surface area contributed by atoms with E-state index in [0.29, 0.717) is 29.4 Å². The van der Waals surface area contributed by atoms with Gasteiger partial charge in [-0.25, -0.2) is 4.98 Å². The first-order valence-corrected chi connectivity index (χ1v) is 8.72. The molecular formula is C18H21N3OS. The molecule has 0 aliphatic rings. The number of pyridine rings is 1. The highest BCUT2D eigenvalue weighted by Crippen LogP contribution is 2.28. The van der Waals surface area contributed by atoms with E-state index in [0.717, 1.165) is 22.0 Å². The molecule has 120 valence electrons. The van der Waals surface area contributed by atoms with E-state index >= 15 is 0 Å².